The summed E-state index contributed by atoms with van der Waals surface area (Å²) in [6.07, 6.45) is 6.72. The topological polar surface area (TPSA) is 66.5 Å². The van der Waals surface area contributed by atoms with Gasteiger partial charge in [-0.15, -0.1) is 0 Å². The average Bonchev–Trinajstić information content (AvgIpc) is 3.09. The van der Waals surface area contributed by atoms with E-state index in [1.807, 2.05) is 24.8 Å². The first-order chi connectivity index (χ1) is 11.9. The number of benzene rings is 1. The largest absolute Gasteiger partial charge is 0.353 e. The number of anilines is 1. The molecule has 140 valence electrons. The Morgan fingerprint density at radius 3 is 2.48 bits per heavy atom. The average molecular weight is 385 g/mol. The van der Waals surface area contributed by atoms with Gasteiger partial charge in [-0.2, -0.15) is 11.8 Å². The molecule has 0 bridgehead atoms. The predicted octanol–water partition coefficient (Wildman–Crippen LogP) is 3.02. The second kappa shape index (κ2) is 9.48. The summed E-state index contributed by atoms with van der Waals surface area (Å²) < 4.78 is 25.8. The highest BCUT2D eigenvalue weighted by Gasteiger charge is 2.31. The molecule has 0 aliphatic heterocycles. The number of para-hydroxylation sites is 1. The van der Waals surface area contributed by atoms with Crippen molar-refractivity contribution in [3.63, 3.8) is 0 Å². The molecule has 7 heteroatoms. The van der Waals surface area contributed by atoms with E-state index in [0.29, 0.717) is 18.7 Å². The van der Waals surface area contributed by atoms with Crippen LogP contribution in [0.25, 0.3) is 0 Å². The van der Waals surface area contributed by atoms with Crippen molar-refractivity contribution in [2.24, 2.45) is 0 Å². The van der Waals surface area contributed by atoms with Crippen LogP contribution in [-0.4, -0.2) is 44.2 Å². The van der Waals surface area contributed by atoms with Crippen LogP contribution >= 0.6 is 11.8 Å². The van der Waals surface area contributed by atoms with Gasteiger partial charge in [0.05, 0.1) is 11.9 Å². The van der Waals surface area contributed by atoms with Crippen LogP contribution in [-0.2, 0) is 14.8 Å². The molecule has 1 aliphatic rings. The highest BCUT2D eigenvalue weighted by atomic mass is 32.2. The quantitative estimate of drug-likeness (QED) is 0.665. The number of hydrogen-bond donors (Lipinski definition) is 1. The van der Waals surface area contributed by atoms with Crippen molar-refractivity contribution < 1.29 is 13.2 Å². The fourth-order valence-electron chi connectivity index (χ4n) is 3.21. The van der Waals surface area contributed by atoms with Gasteiger partial charge in [0.15, 0.2) is 0 Å². The minimum atomic E-state index is -3.55. The van der Waals surface area contributed by atoms with Crippen LogP contribution in [0, 0.1) is 0 Å². The Morgan fingerprint density at radius 1 is 1.28 bits per heavy atom. The number of nitrogens with one attached hydrogen (secondary N) is 1. The number of amides is 1. The normalized spacial score (nSPS) is 16.6. The molecule has 1 fully saturated rings. The summed E-state index contributed by atoms with van der Waals surface area (Å²) >= 11 is 1.91. The Hall–Kier alpha value is -1.21. The van der Waals surface area contributed by atoms with E-state index in [0.717, 1.165) is 17.3 Å². The maximum Gasteiger partial charge on any atom is 0.243 e. The number of hydrogen-bond acceptors (Lipinski definition) is 4. The van der Waals surface area contributed by atoms with Gasteiger partial charge < -0.3 is 5.32 Å². The molecule has 1 aliphatic carbocycles. The molecule has 5 nitrogen and oxygen atoms in total. The van der Waals surface area contributed by atoms with Gasteiger partial charge >= 0.3 is 0 Å². The van der Waals surface area contributed by atoms with Gasteiger partial charge in [-0.1, -0.05) is 38.0 Å². The standard InChI is InChI=1S/C18H28N2O3S2/c1-3-17(18(21)19-13-14-24-16-11-7-8-12-16)20(25(2,22)23)15-9-5-4-6-10-15/h4-6,9-10,16-17H,3,7-8,11-14H2,1-2H3,(H,19,21)/t17-/m1/s1. The molecule has 0 spiro atoms. The molecule has 2 rings (SSSR count). The molecule has 0 heterocycles. The summed E-state index contributed by atoms with van der Waals surface area (Å²) in [6, 6.07) is 8.08. The van der Waals surface area contributed by atoms with E-state index in [2.05, 4.69) is 5.32 Å². The maximum absolute atomic E-state index is 12.6. The molecule has 0 unspecified atom stereocenters. The summed E-state index contributed by atoms with van der Waals surface area (Å²) in [5.74, 6) is 0.639. The van der Waals surface area contributed by atoms with E-state index in [-0.39, 0.29) is 5.91 Å². The van der Waals surface area contributed by atoms with Crippen molar-refractivity contribution in [2.45, 2.75) is 50.3 Å². The lowest BCUT2D eigenvalue weighted by molar-refractivity contribution is -0.122. The molecular weight excluding hydrogens is 356 g/mol. The molecule has 1 atom stereocenters. The van der Waals surface area contributed by atoms with Crippen LogP contribution in [0.4, 0.5) is 5.69 Å². The van der Waals surface area contributed by atoms with Crippen LogP contribution in [0.15, 0.2) is 30.3 Å². The van der Waals surface area contributed by atoms with E-state index < -0.39 is 16.1 Å². The monoisotopic (exact) mass is 384 g/mol. The van der Waals surface area contributed by atoms with Crippen LogP contribution in [0.1, 0.15) is 39.0 Å². The van der Waals surface area contributed by atoms with Gasteiger partial charge in [-0.3, -0.25) is 9.10 Å². The predicted molar refractivity (Wildman–Crippen MR) is 106 cm³/mol. The molecule has 1 N–H and O–H groups in total. The summed E-state index contributed by atoms with van der Waals surface area (Å²) in [5, 5.41) is 3.63. The summed E-state index contributed by atoms with van der Waals surface area (Å²) in [6.45, 7) is 2.40. The zero-order valence-electron chi connectivity index (χ0n) is 15.0. The lowest BCUT2D eigenvalue weighted by atomic mass is 10.2. The fourth-order valence-corrected chi connectivity index (χ4v) is 5.64. The van der Waals surface area contributed by atoms with Gasteiger partial charge in [0.1, 0.15) is 6.04 Å². The van der Waals surface area contributed by atoms with E-state index in [9.17, 15) is 13.2 Å². The summed E-state index contributed by atoms with van der Waals surface area (Å²) in [4.78, 5) is 12.6. The highest BCUT2D eigenvalue weighted by molar-refractivity contribution is 7.99. The van der Waals surface area contributed by atoms with Crippen molar-refractivity contribution in [2.75, 3.05) is 22.9 Å². The number of thioether (sulfide) groups is 1. The van der Waals surface area contributed by atoms with E-state index in [1.165, 1.54) is 30.0 Å². The van der Waals surface area contributed by atoms with Crippen molar-refractivity contribution >= 4 is 33.4 Å². The van der Waals surface area contributed by atoms with E-state index >= 15 is 0 Å². The SMILES string of the molecule is CC[C@H](C(=O)NCCSC1CCCC1)N(c1ccccc1)S(C)(=O)=O. The van der Waals surface area contributed by atoms with Gasteiger partial charge in [0, 0.05) is 17.5 Å². The Labute approximate surface area is 155 Å². The van der Waals surface area contributed by atoms with Crippen molar-refractivity contribution in [1.82, 2.24) is 5.32 Å². The second-order valence-electron chi connectivity index (χ2n) is 6.39. The third-order valence-corrected chi connectivity index (χ3v) is 6.96. The third kappa shape index (κ3) is 5.92. The first-order valence-corrected chi connectivity index (χ1v) is 11.8. The number of nitrogens with zero attached hydrogens (tertiary/aromatic N) is 1. The van der Waals surface area contributed by atoms with Crippen molar-refractivity contribution in [3.05, 3.63) is 30.3 Å². The van der Waals surface area contributed by atoms with Crippen molar-refractivity contribution in [1.29, 1.82) is 0 Å². The number of carbonyl (C=O) groups is 1. The third-order valence-electron chi connectivity index (χ3n) is 4.40. The molecule has 25 heavy (non-hydrogen) atoms. The van der Waals surface area contributed by atoms with Gasteiger partial charge in [0.2, 0.25) is 15.9 Å². The molecule has 0 saturated heterocycles. The Bertz CT molecular complexity index is 644. The zero-order valence-corrected chi connectivity index (χ0v) is 16.6. The molecule has 1 aromatic carbocycles. The van der Waals surface area contributed by atoms with Crippen LogP contribution < -0.4 is 9.62 Å². The smallest absolute Gasteiger partial charge is 0.243 e. The summed E-state index contributed by atoms with van der Waals surface area (Å²) in [5.41, 5.74) is 0.521. The maximum atomic E-state index is 12.6. The number of sulfonamides is 1. The van der Waals surface area contributed by atoms with Crippen LogP contribution in [0.2, 0.25) is 0 Å². The highest BCUT2D eigenvalue weighted by Crippen LogP contribution is 2.29. The fraction of sp³-hybridized carbons (Fsp3) is 0.611. The minimum absolute atomic E-state index is 0.233. The number of rotatable bonds is 9. The molecule has 1 saturated carbocycles. The Kier molecular flexibility index (Phi) is 7.62. The van der Waals surface area contributed by atoms with E-state index in [1.54, 1.807) is 24.3 Å². The molecular formula is C18H28N2O3S2. The van der Waals surface area contributed by atoms with Crippen LogP contribution in [0.5, 0.6) is 0 Å². The van der Waals surface area contributed by atoms with Gasteiger partial charge in [-0.25, -0.2) is 8.42 Å². The molecule has 1 aromatic rings. The lowest BCUT2D eigenvalue weighted by Crippen LogP contribution is -2.49. The minimum Gasteiger partial charge on any atom is -0.353 e. The zero-order chi connectivity index (χ0) is 18.3. The molecule has 0 aromatic heterocycles. The van der Waals surface area contributed by atoms with Gasteiger partial charge in [-0.05, 0) is 31.4 Å². The first kappa shape index (κ1) is 20.1. The van der Waals surface area contributed by atoms with Crippen molar-refractivity contribution in [3.8, 4) is 0 Å². The van der Waals surface area contributed by atoms with E-state index in [4.69, 9.17) is 0 Å². The second-order valence-corrected chi connectivity index (χ2v) is 9.65. The number of carbonyl (C=O) groups excluding carboxylic acids is 1. The lowest BCUT2D eigenvalue weighted by Gasteiger charge is -2.30. The van der Waals surface area contributed by atoms with Crippen LogP contribution in [0.3, 0.4) is 0 Å². The van der Waals surface area contributed by atoms with Gasteiger partial charge in [0.25, 0.3) is 0 Å². The molecule has 0 radical (unpaired) electrons. The first-order valence-electron chi connectivity index (χ1n) is 8.87. The Morgan fingerprint density at radius 2 is 1.92 bits per heavy atom. The summed E-state index contributed by atoms with van der Waals surface area (Å²) in [7, 11) is -3.55. The molecule has 1 amide bonds. The Balaban J connectivity index is 1.98.